The average molecular weight is 348 g/mol. The summed E-state index contributed by atoms with van der Waals surface area (Å²) in [4.78, 5) is 27.6. The predicted octanol–water partition coefficient (Wildman–Crippen LogP) is 3.36. The van der Waals surface area contributed by atoms with Crippen molar-refractivity contribution in [2.45, 2.75) is 0 Å². The average Bonchev–Trinajstić information content (AvgIpc) is 2.92. The molecule has 7 heteroatoms. The molecular weight excluding hydrogens is 333 g/mol. The maximum atomic E-state index is 13.1. The Morgan fingerprint density at radius 2 is 1.92 bits per heavy atom. The molecule has 1 saturated heterocycles. The minimum absolute atomic E-state index is 0.0692. The van der Waals surface area contributed by atoms with Crippen molar-refractivity contribution < 1.29 is 14.0 Å². The standard InChI is InChI=1S/C17H15ClFN3O2/c18-14-10-12(6-7-15(14)19)20-16(23)11-21-8-9-22(17(21)24)13-4-2-1-3-5-13/h1-7,10H,8-9,11H2,(H,20,23). The number of nitrogens with one attached hydrogen (secondary N) is 1. The Kier molecular flexibility index (Phi) is 4.66. The molecule has 2 aromatic rings. The first-order valence-corrected chi connectivity index (χ1v) is 7.79. The van der Waals surface area contributed by atoms with Gasteiger partial charge in [-0.05, 0) is 30.3 Å². The number of hydrogen-bond acceptors (Lipinski definition) is 2. The van der Waals surface area contributed by atoms with Gasteiger partial charge in [-0.2, -0.15) is 0 Å². The highest BCUT2D eigenvalue weighted by Gasteiger charge is 2.30. The number of nitrogens with zero attached hydrogens (tertiary/aromatic N) is 2. The second kappa shape index (κ2) is 6.88. The smallest absolute Gasteiger partial charge is 0.324 e. The molecule has 0 unspecified atom stereocenters. The Labute approximate surface area is 143 Å². The van der Waals surface area contributed by atoms with Gasteiger partial charge in [0.1, 0.15) is 12.4 Å². The van der Waals surface area contributed by atoms with E-state index >= 15 is 0 Å². The van der Waals surface area contributed by atoms with Gasteiger partial charge in [0.25, 0.3) is 0 Å². The van der Waals surface area contributed by atoms with E-state index in [1.165, 1.54) is 23.1 Å². The third-order valence-corrected chi connectivity index (χ3v) is 3.99. The molecule has 2 aromatic carbocycles. The lowest BCUT2D eigenvalue weighted by molar-refractivity contribution is -0.116. The minimum atomic E-state index is -0.553. The largest absolute Gasteiger partial charge is 0.325 e. The van der Waals surface area contributed by atoms with Crippen molar-refractivity contribution in [3.05, 3.63) is 59.4 Å². The molecule has 0 saturated carbocycles. The number of rotatable bonds is 4. The van der Waals surface area contributed by atoms with Gasteiger partial charge in [-0.3, -0.25) is 9.69 Å². The number of para-hydroxylation sites is 1. The van der Waals surface area contributed by atoms with Crippen LogP contribution in [0.3, 0.4) is 0 Å². The highest BCUT2D eigenvalue weighted by Crippen LogP contribution is 2.21. The molecule has 3 amide bonds. The van der Waals surface area contributed by atoms with E-state index in [1.54, 1.807) is 4.90 Å². The fourth-order valence-corrected chi connectivity index (χ4v) is 2.71. The van der Waals surface area contributed by atoms with Gasteiger partial charge in [-0.15, -0.1) is 0 Å². The van der Waals surface area contributed by atoms with E-state index in [2.05, 4.69) is 5.32 Å². The monoisotopic (exact) mass is 347 g/mol. The Hall–Kier alpha value is -2.60. The van der Waals surface area contributed by atoms with Crippen LogP contribution in [-0.4, -0.2) is 36.5 Å². The number of anilines is 2. The first-order chi connectivity index (χ1) is 11.5. The van der Waals surface area contributed by atoms with Gasteiger partial charge in [-0.1, -0.05) is 29.8 Å². The Balaban J connectivity index is 1.61. The van der Waals surface area contributed by atoms with Crippen molar-refractivity contribution >= 4 is 34.9 Å². The van der Waals surface area contributed by atoms with Gasteiger partial charge < -0.3 is 10.2 Å². The Morgan fingerprint density at radius 1 is 1.17 bits per heavy atom. The van der Waals surface area contributed by atoms with Crippen molar-refractivity contribution in [3.63, 3.8) is 0 Å². The first-order valence-electron chi connectivity index (χ1n) is 7.41. The SMILES string of the molecule is O=C(CN1CCN(c2ccccc2)C1=O)Nc1ccc(F)c(Cl)c1. The predicted molar refractivity (Wildman–Crippen MR) is 90.8 cm³/mol. The van der Waals surface area contributed by atoms with Crippen molar-refractivity contribution in [1.82, 2.24) is 4.90 Å². The number of urea groups is 1. The van der Waals surface area contributed by atoms with E-state index in [0.717, 1.165) is 5.69 Å². The summed E-state index contributed by atoms with van der Waals surface area (Å²) >= 11 is 5.68. The van der Waals surface area contributed by atoms with Crippen LogP contribution in [0.2, 0.25) is 5.02 Å². The van der Waals surface area contributed by atoms with Crippen LogP contribution >= 0.6 is 11.6 Å². The topological polar surface area (TPSA) is 52.7 Å². The zero-order chi connectivity index (χ0) is 17.1. The van der Waals surface area contributed by atoms with Crippen molar-refractivity contribution in [2.24, 2.45) is 0 Å². The highest BCUT2D eigenvalue weighted by molar-refractivity contribution is 6.31. The lowest BCUT2D eigenvalue weighted by atomic mass is 10.3. The number of halogens is 2. The summed E-state index contributed by atoms with van der Waals surface area (Å²) in [7, 11) is 0. The third-order valence-electron chi connectivity index (χ3n) is 3.70. The van der Waals surface area contributed by atoms with Crippen molar-refractivity contribution in [1.29, 1.82) is 0 Å². The maximum absolute atomic E-state index is 13.1. The van der Waals surface area contributed by atoms with Gasteiger partial charge >= 0.3 is 6.03 Å². The van der Waals surface area contributed by atoms with Gasteiger partial charge in [-0.25, -0.2) is 9.18 Å². The summed E-state index contributed by atoms with van der Waals surface area (Å²) in [5, 5.41) is 2.54. The third kappa shape index (κ3) is 3.49. The normalized spacial score (nSPS) is 14.2. The molecule has 1 fully saturated rings. The number of carbonyl (C=O) groups excluding carboxylic acids is 2. The minimum Gasteiger partial charge on any atom is -0.324 e. The number of amides is 3. The van der Waals surface area contributed by atoms with E-state index in [-0.39, 0.29) is 23.5 Å². The summed E-state index contributed by atoms with van der Waals surface area (Å²) in [5.74, 6) is -0.913. The Bertz CT molecular complexity index is 770. The van der Waals surface area contributed by atoms with E-state index in [9.17, 15) is 14.0 Å². The molecule has 1 N–H and O–H groups in total. The number of benzene rings is 2. The molecule has 1 aliphatic rings. The molecule has 0 radical (unpaired) electrons. The zero-order valence-electron chi connectivity index (χ0n) is 12.7. The van der Waals surface area contributed by atoms with Crippen LogP contribution in [0, 0.1) is 5.82 Å². The van der Waals surface area contributed by atoms with E-state index in [1.807, 2.05) is 30.3 Å². The molecule has 3 rings (SSSR count). The van der Waals surface area contributed by atoms with Gasteiger partial charge in [0.15, 0.2) is 0 Å². The van der Waals surface area contributed by atoms with Crippen LogP contribution in [-0.2, 0) is 4.79 Å². The lowest BCUT2D eigenvalue weighted by Crippen LogP contribution is -2.37. The van der Waals surface area contributed by atoms with Crippen LogP contribution in [0.15, 0.2) is 48.5 Å². The van der Waals surface area contributed by atoms with Crippen LogP contribution in [0.25, 0.3) is 0 Å². The molecule has 24 heavy (non-hydrogen) atoms. The summed E-state index contributed by atoms with van der Waals surface area (Å²) in [6, 6.07) is 13.0. The summed E-state index contributed by atoms with van der Waals surface area (Å²) in [6.45, 7) is 0.918. The summed E-state index contributed by atoms with van der Waals surface area (Å²) in [5.41, 5.74) is 1.19. The molecule has 0 spiro atoms. The van der Waals surface area contributed by atoms with E-state index in [4.69, 9.17) is 11.6 Å². The fourth-order valence-electron chi connectivity index (χ4n) is 2.52. The highest BCUT2D eigenvalue weighted by atomic mass is 35.5. The lowest BCUT2D eigenvalue weighted by Gasteiger charge is -2.18. The molecule has 0 atom stereocenters. The van der Waals surface area contributed by atoms with E-state index < -0.39 is 5.82 Å². The summed E-state index contributed by atoms with van der Waals surface area (Å²) in [6.07, 6.45) is 0. The Morgan fingerprint density at radius 3 is 2.62 bits per heavy atom. The van der Waals surface area contributed by atoms with Crippen LogP contribution in [0.4, 0.5) is 20.6 Å². The van der Waals surface area contributed by atoms with Gasteiger partial charge in [0.05, 0.1) is 5.02 Å². The molecule has 1 aliphatic heterocycles. The molecular formula is C17H15ClFN3O2. The summed E-state index contributed by atoms with van der Waals surface area (Å²) < 4.78 is 13.1. The quantitative estimate of drug-likeness (QED) is 0.922. The van der Waals surface area contributed by atoms with Crippen LogP contribution in [0.1, 0.15) is 0 Å². The molecule has 1 heterocycles. The van der Waals surface area contributed by atoms with Gasteiger partial charge in [0.2, 0.25) is 5.91 Å². The van der Waals surface area contributed by atoms with Crippen molar-refractivity contribution in [2.75, 3.05) is 29.9 Å². The molecule has 0 aromatic heterocycles. The zero-order valence-corrected chi connectivity index (χ0v) is 13.5. The van der Waals surface area contributed by atoms with Gasteiger partial charge in [0, 0.05) is 24.5 Å². The molecule has 5 nitrogen and oxygen atoms in total. The fraction of sp³-hybridized carbons (Fsp3) is 0.176. The number of carbonyl (C=O) groups is 2. The first kappa shape index (κ1) is 16.3. The van der Waals surface area contributed by atoms with Crippen LogP contribution < -0.4 is 10.2 Å². The maximum Gasteiger partial charge on any atom is 0.325 e. The second-order valence-corrected chi connectivity index (χ2v) is 5.78. The second-order valence-electron chi connectivity index (χ2n) is 5.37. The molecule has 0 aliphatic carbocycles. The molecule has 0 bridgehead atoms. The molecule has 124 valence electrons. The van der Waals surface area contributed by atoms with Crippen molar-refractivity contribution in [3.8, 4) is 0 Å². The van der Waals surface area contributed by atoms with E-state index in [0.29, 0.717) is 18.8 Å². The van der Waals surface area contributed by atoms with Crippen LogP contribution in [0.5, 0.6) is 0 Å². The number of hydrogen-bond donors (Lipinski definition) is 1.